The fourth-order valence-corrected chi connectivity index (χ4v) is 2.44. The van der Waals surface area contributed by atoms with Gasteiger partial charge in [-0.3, -0.25) is 4.79 Å². The molecule has 1 aliphatic heterocycles. The molecule has 3 N–H and O–H groups in total. The minimum Gasteiger partial charge on any atom is -0.368 e. The summed E-state index contributed by atoms with van der Waals surface area (Å²) in [5.74, 6) is 0.671. The number of primary amides is 1. The Hall–Kier alpha value is -0.610. The monoisotopic (exact) mass is 239 g/mol. The summed E-state index contributed by atoms with van der Waals surface area (Å²) in [5.41, 5.74) is 5.43. The van der Waals surface area contributed by atoms with Gasteiger partial charge in [-0.1, -0.05) is 6.92 Å². The van der Waals surface area contributed by atoms with Crippen LogP contribution in [0.15, 0.2) is 0 Å². The molecule has 1 heterocycles. The highest BCUT2D eigenvalue weighted by Crippen LogP contribution is 2.20. The quantitative estimate of drug-likeness (QED) is 0.718. The van der Waals surface area contributed by atoms with E-state index in [0.717, 1.165) is 18.9 Å². The first-order valence-electron chi connectivity index (χ1n) is 6.93. The maximum absolute atomic E-state index is 11.3. The Kier molecular flexibility index (Phi) is 4.40. The second-order valence-electron chi connectivity index (χ2n) is 5.71. The molecule has 0 radical (unpaired) electrons. The normalized spacial score (nSPS) is 24.8. The number of nitrogens with two attached hydrogens (primary N) is 1. The van der Waals surface area contributed by atoms with Gasteiger partial charge in [0.2, 0.25) is 5.91 Å². The molecule has 1 atom stereocenters. The first-order chi connectivity index (χ1) is 8.15. The topological polar surface area (TPSA) is 58.4 Å². The molecule has 1 saturated heterocycles. The highest BCUT2D eigenvalue weighted by Gasteiger charge is 2.27. The molecule has 98 valence electrons. The highest BCUT2D eigenvalue weighted by atomic mass is 16.1. The summed E-state index contributed by atoms with van der Waals surface area (Å²) in [6.07, 6.45) is 5.84. The minimum absolute atomic E-state index is 0.123. The predicted molar refractivity (Wildman–Crippen MR) is 68.6 cm³/mol. The molecule has 2 fully saturated rings. The largest absolute Gasteiger partial charge is 0.368 e. The molecule has 17 heavy (non-hydrogen) atoms. The molecule has 2 aliphatic rings. The van der Waals surface area contributed by atoms with Gasteiger partial charge < -0.3 is 16.0 Å². The molecule has 4 nitrogen and oxygen atoms in total. The molecule has 1 saturated carbocycles. The summed E-state index contributed by atoms with van der Waals surface area (Å²) >= 11 is 0. The SMILES string of the molecule is CC1CCN(CCC(NC2CC2)C(N)=O)CC1. The van der Waals surface area contributed by atoms with Crippen molar-refractivity contribution in [3.63, 3.8) is 0 Å². The summed E-state index contributed by atoms with van der Waals surface area (Å²) in [7, 11) is 0. The molecule has 0 aromatic heterocycles. The van der Waals surface area contributed by atoms with Crippen molar-refractivity contribution in [3.8, 4) is 0 Å². The highest BCUT2D eigenvalue weighted by molar-refractivity contribution is 5.79. The number of hydrogen-bond donors (Lipinski definition) is 2. The second kappa shape index (κ2) is 5.83. The number of carbonyl (C=O) groups is 1. The maximum atomic E-state index is 11.3. The van der Waals surface area contributed by atoms with Crippen LogP contribution in [0.2, 0.25) is 0 Å². The summed E-state index contributed by atoms with van der Waals surface area (Å²) in [5, 5.41) is 3.34. The smallest absolute Gasteiger partial charge is 0.234 e. The van der Waals surface area contributed by atoms with Gasteiger partial charge in [0.1, 0.15) is 0 Å². The number of piperidine rings is 1. The van der Waals surface area contributed by atoms with Crippen LogP contribution < -0.4 is 11.1 Å². The van der Waals surface area contributed by atoms with Crippen molar-refractivity contribution >= 4 is 5.91 Å². The van der Waals surface area contributed by atoms with Crippen LogP contribution in [-0.4, -0.2) is 42.5 Å². The van der Waals surface area contributed by atoms with Gasteiger partial charge in [-0.2, -0.15) is 0 Å². The van der Waals surface area contributed by atoms with Crippen molar-refractivity contribution in [2.24, 2.45) is 11.7 Å². The summed E-state index contributed by atoms with van der Waals surface area (Å²) in [6, 6.07) is 0.427. The van der Waals surface area contributed by atoms with Crippen LogP contribution in [0, 0.1) is 5.92 Å². The Labute approximate surface area is 104 Å². The van der Waals surface area contributed by atoms with Gasteiger partial charge in [-0.25, -0.2) is 0 Å². The van der Waals surface area contributed by atoms with Gasteiger partial charge in [-0.15, -0.1) is 0 Å². The molecule has 0 spiro atoms. The van der Waals surface area contributed by atoms with Crippen molar-refractivity contribution in [1.29, 1.82) is 0 Å². The Morgan fingerprint density at radius 1 is 1.35 bits per heavy atom. The number of hydrogen-bond acceptors (Lipinski definition) is 3. The van der Waals surface area contributed by atoms with E-state index in [-0.39, 0.29) is 11.9 Å². The summed E-state index contributed by atoms with van der Waals surface area (Å²) in [4.78, 5) is 13.8. The zero-order chi connectivity index (χ0) is 12.3. The number of nitrogens with zero attached hydrogens (tertiary/aromatic N) is 1. The van der Waals surface area contributed by atoms with Gasteiger partial charge in [0.15, 0.2) is 0 Å². The first kappa shape index (κ1) is 12.8. The number of rotatable bonds is 6. The van der Waals surface area contributed by atoms with E-state index in [0.29, 0.717) is 6.04 Å². The molecule has 1 amide bonds. The molecule has 0 aromatic rings. The minimum atomic E-state index is -0.192. The molecule has 1 unspecified atom stereocenters. The Morgan fingerprint density at radius 2 is 2.00 bits per heavy atom. The fraction of sp³-hybridized carbons (Fsp3) is 0.923. The van der Waals surface area contributed by atoms with Crippen molar-refractivity contribution in [1.82, 2.24) is 10.2 Å². The molecule has 4 heteroatoms. The van der Waals surface area contributed by atoms with Crippen LogP contribution in [0.3, 0.4) is 0 Å². The van der Waals surface area contributed by atoms with E-state index in [1.165, 1.54) is 38.8 Å². The van der Waals surface area contributed by atoms with Crippen molar-refractivity contribution in [2.45, 2.75) is 51.1 Å². The summed E-state index contributed by atoms with van der Waals surface area (Å²) in [6.45, 7) is 5.67. The molecule has 0 bridgehead atoms. The molecule has 2 rings (SSSR count). The average molecular weight is 239 g/mol. The lowest BCUT2D eigenvalue weighted by Crippen LogP contribution is -2.45. The van der Waals surface area contributed by atoms with E-state index in [9.17, 15) is 4.79 Å². The molecular formula is C13H25N3O. The lowest BCUT2D eigenvalue weighted by atomic mass is 9.99. The number of likely N-dealkylation sites (tertiary alicyclic amines) is 1. The zero-order valence-electron chi connectivity index (χ0n) is 10.8. The zero-order valence-corrected chi connectivity index (χ0v) is 10.8. The third-order valence-electron chi connectivity index (χ3n) is 3.97. The van der Waals surface area contributed by atoms with Crippen LogP contribution in [0.25, 0.3) is 0 Å². The van der Waals surface area contributed by atoms with E-state index >= 15 is 0 Å². The Bertz CT molecular complexity index is 257. The molecular weight excluding hydrogens is 214 g/mol. The lowest BCUT2D eigenvalue weighted by Gasteiger charge is -2.31. The van der Waals surface area contributed by atoms with Crippen molar-refractivity contribution < 1.29 is 4.79 Å². The van der Waals surface area contributed by atoms with Gasteiger partial charge in [0.05, 0.1) is 6.04 Å². The van der Waals surface area contributed by atoms with Gasteiger partial charge in [0.25, 0.3) is 0 Å². The first-order valence-corrected chi connectivity index (χ1v) is 6.93. The lowest BCUT2D eigenvalue weighted by molar-refractivity contribution is -0.120. The van der Waals surface area contributed by atoms with Crippen LogP contribution in [0.4, 0.5) is 0 Å². The standard InChI is InChI=1S/C13H25N3O/c1-10-4-7-16(8-5-10)9-6-12(13(14)17)15-11-2-3-11/h10-12,15H,2-9H2,1H3,(H2,14,17). The van der Waals surface area contributed by atoms with Crippen LogP contribution >= 0.6 is 0 Å². The second-order valence-corrected chi connectivity index (χ2v) is 5.71. The van der Waals surface area contributed by atoms with Crippen LogP contribution in [0.1, 0.15) is 39.0 Å². The van der Waals surface area contributed by atoms with Gasteiger partial charge >= 0.3 is 0 Å². The Morgan fingerprint density at radius 3 is 2.53 bits per heavy atom. The fourth-order valence-electron chi connectivity index (χ4n) is 2.44. The average Bonchev–Trinajstić information content (AvgIpc) is 3.10. The third-order valence-corrected chi connectivity index (χ3v) is 3.97. The van der Waals surface area contributed by atoms with E-state index in [4.69, 9.17) is 5.73 Å². The summed E-state index contributed by atoms with van der Waals surface area (Å²) < 4.78 is 0. The van der Waals surface area contributed by atoms with Gasteiger partial charge in [-0.05, 0) is 51.1 Å². The van der Waals surface area contributed by atoms with E-state index in [2.05, 4.69) is 17.1 Å². The van der Waals surface area contributed by atoms with Crippen molar-refractivity contribution in [3.05, 3.63) is 0 Å². The van der Waals surface area contributed by atoms with Gasteiger partial charge in [0, 0.05) is 12.6 Å². The van der Waals surface area contributed by atoms with Crippen molar-refractivity contribution in [2.75, 3.05) is 19.6 Å². The molecule has 0 aromatic carbocycles. The third kappa shape index (κ3) is 4.28. The number of carbonyl (C=O) groups excluding carboxylic acids is 1. The number of nitrogens with one attached hydrogen (secondary N) is 1. The van der Waals surface area contributed by atoms with E-state index < -0.39 is 0 Å². The van der Waals surface area contributed by atoms with Crippen LogP contribution in [-0.2, 0) is 4.79 Å². The predicted octanol–water partition coefficient (Wildman–Crippen LogP) is 0.714. The van der Waals surface area contributed by atoms with E-state index in [1.807, 2.05) is 0 Å². The maximum Gasteiger partial charge on any atom is 0.234 e. The molecule has 1 aliphatic carbocycles. The van der Waals surface area contributed by atoms with E-state index in [1.54, 1.807) is 0 Å². The van der Waals surface area contributed by atoms with Crippen LogP contribution in [0.5, 0.6) is 0 Å². The Balaban J connectivity index is 1.68. The number of amides is 1.